The van der Waals surface area contributed by atoms with Gasteiger partial charge in [-0.15, -0.1) is 0 Å². The number of benzene rings is 2. The van der Waals surface area contributed by atoms with Gasteiger partial charge < -0.3 is 4.90 Å². The smallest absolute Gasteiger partial charge is 0.283 e. The van der Waals surface area contributed by atoms with E-state index in [0.717, 1.165) is 36.7 Å². The summed E-state index contributed by atoms with van der Waals surface area (Å²) in [6.07, 6.45) is 2.01. The fraction of sp³-hybridized carbons (Fsp3) is 0.300. The number of halogens is 1. The molecule has 2 aromatic carbocycles. The molecule has 0 aromatic heterocycles. The van der Waals surface area contributed by atoms with Crippen LogP contribution in [0.5, 0.6) is 0 Å². The van der Waals surface area contributed by atoms with Crippen LogP contribution in [-0.2, 0) is 9.59 Å². The van der Waals surface area contributed by atoms with Crippen LogP contribution in [0.1, 0.15) is 19.8 Å². The van der Waals surface area contributed by atoms with Crippen LogP contribution in [0, 0.1) is 5.92 Å². The van der Waals surface area contributed by atoms with Gasteiger partial charge in [-0.05, 0) is 30.2 Å². The molecule has 0 atom stereocenters. The molecule has 2 aromatic rings. The molecule has 25 heavy (non-hydrogen) atoms. The first-order chi connectivity index (χ1) is 12.1. The van der Waals surface area contributed by atoms with Crippen LogP contribution in [0.15, 0.2) is 53.2 Å². The number of fused-ring (bicyclic) bond motifs is 1. The Labute approximate surface area is 151 Å². The molecule has 0 aliphatic carbocycles. The second-order valence-corrected chi connectivity index (χ2v) is 7.15. The lowest BCUT2D eigenvalue weighted by Gasteiger charge is -2.32. The normalized spacial score (nSPS) is 19.4. The van der Waals surface area contributed by atoms with Gasteiger partial charge in [-0.25, -0.2) is 4.90 Å². The Morgan fingerprint density at radius 1 is 0.960 bits per heavy atom. The Bertz CT molecular complexity index is 892. The molecular weight excluding hydrogens is 336 g/mol. The van der Waals surface area contributed by atoms with E-state index in [1.807, 2.05) is 41.3 Å². The van der Waals surface area contributed by atoms with Crippen molar-refractivity contribution in [2.24, 2.45) is 5.92 Å². The number of amides is 2. The van der Waals surface area contributed by atoms with Gasteiger partial charge in [-0.1, -0.05) is 54.9 Å². The van der Waals surface area contributed by atoms with E-state index >= 15 is 0 Å². The van der Waals surface area contributed by atoms with Crippen LogP contribution < -0.4 is 4.90 Å². The van der Waals surface area contributed by atoms with E-state index in [1.54, 1.807) is 6.07 Å². The maximum Gasteiger partial charge on any atom is 0.283 e. The van der Waals surface area contributed by atoms with Crippen molar-refractivity contribution in [2.45, 2.75) is 19.8 Å². The summed E-state index contributed by atoms with van der Waals surface area (Å²) in [5.74, 6) is -0.116. The van der Waals surface area contributed by atoms with Crippen LogP contribution >= 0.6 is 11.6 Å². The van der Waals surface area contributed by atoms with E-state index in [1.165, 1.54) is 4.90 Å². The summed E-state index contributed by atoms with van der Waals surface area (Å²) in [5, 5.41) is 1.88. The van der Waals surface area contributed by atoms with Crippen molar-refractivity contribution >= 4 is 39.9 Å². The minimum Gasteiger partial charge on any atom is -0.366 e. The molecular formula is C20H19ClN2O2. The lowest BCUT2D eigenvalue weighted by molar-refractivity contribution is -0.121. The Kier molecular flexibility index (Phi) is 4.00. The zero-order chi connectivity index (χ0) is 17.6. The highest BCUT2D eigenvalue weighted by molar-refractivity contribution is 6.53. The molecule has 5 heteroatoms. The lowest BCUT2D eigenvalue weighted by atomic mass is 9.99. The fourth-order valence-electron chi connectivity index (χ4n) is 3.62. The van der Waals surface area contributed by atoms with Gasteiger partial charge >= 0.3 is 0 Å². The second-order valence-electron chi connectivity index (χ2n) is 6.78. The SMILES string of the molecule is CC1CCN(C2=C(Cl)C(=O)N(c3cccc4ccccc34)C2=O)CC1. The summed E-state index contributed by atoms with van der Waals surface area (Å²) in [6, 6.07) is 13.3. The summed E-state index contributed by atoms with van der Waals surface area (Å²) in [5.41, 5.74) is 0.943. The van der Waals surface area contributed by atoms with E-state index < -0.39 is 5.91 Å². The summed E-state index contributed by atoms with van der Waals surface area (Å²) in [6.45, 7) is 3.72. The number of hydrogen-bond donors (Lipinski definition) is 0. The highest BCUT2D eigenvalue weighted by Crippen LogP contribution is 2.36. The number of imide groups is 1. The van der Waals surface area contributed by atoms with Crippen LogP contribution in [0.3, 0.4) is 0 Å². The van der Waals surface area contributed by atoms with E-state index in [0.29, 0.717) is 17.3 Å². The molecule has 2 amide bonds. The van der Waals surface area contributed by atoms with Crippen LogP contribution in [-0.4, -0.2) is 29.8 Å². The van der Waals surface area contributed by atoms with Crippen molar-refractivity contribution in [3.63, 3.8) is 0 Å². The summed E-state index contributed by atoms with van der Waals surface area (Å²) >= 11 is 6.32. The summed E-state index contributed by atoms with van der Waals surface area (Å²) in [4.78, 5) is 29.0. The number of piperidine rings is 1. The molecule has 0 saturated carbocycles. The van der Waals surface area contributed by atoms with Gasteiger partial charge in [-0.3, -0.25) is 9.59 Å². The highest BCUT2D eigenvalue weighted by atomic mass is 35.5. The van der Waals surface area contributed by atoms with Crippen LogP contribution in [0.25, 0.3) is 10.8 Å². The molecule has 0 N–H and O–H groups in total. The predicted octanol–water partition coefficient (Wildman–Crippen LogP) is 3.90. The molecule has 2 aliphatic heterocycles. The molecule has 0 unspecified atom stereocenters. The maximum atomic E-state index is 13.1. The first-order valence-corrected chi connectivity index (χ1v) is 8.97. The summed E-state index contributed by atoms with van der Waals surface area (Å²) < 4.78 is 0. The average Bonchev–Trinajstić information content (AvgIpc) is 2.85. The monoisotopic (exact) mass is 354 g/mol. The van der Waals surface area contributed by atoms with Gasteiger partial charge in [0.2, 0.25) is 0 Å². The van der Waals surface area contributed by atoms with Gasteiger partial charge in [0.1, 0.15) is 10.7 Å². The zero-order valence-corrected chi connectivity index (χ0v) is 14.8. The molecule has 4 nitrogen and oxygen atoms in total. The predicted molar refractivity (Wildman–Crippen MR) is 99.3 cm³/mol. The molecule has 2 heterocycles. The van der Waals surface area contributed by atoms with E-state index in [-0.39, 0.29) is 10.9 Å². The third kappa shape index (κ3) is 2.61. The third-order valence-corrected chi connectivity index (χ3v) is 5.45. The number of carbonyl (C=O) groups is 2. The van der Waals surface area contributed by atoms with E-state index in [9.17, 15) is 9.59 Å². The summed E-state index contributed by atoms with van der Waals surface area (Å²) in [7, 11) is 0. The maximum absolute atomic E-state index is 13.1. The third-order valence-electron chi connectivity index (χ3n) is 5.11. The van der Waals surface area contributed by atoms with E-state index in [2.05, 4.69) is 6.92 Å². The molecule has 128 valence electrons. The number of rotatable bonds is 2. The average molecular weight is 355 g/mol. The van der Waals surface area contributed by atoms with Crippen molar-refractivity contribution in [2.75, 3.05) is 18.0 Å². The minimum atomic E-state index is -0.434. The first-order valence-electron chi connectivity index (χ1n) is 8.59. The second kappa shape index (κ2) is 6.19. The molecule has 1 fully saturated rings. The number of carbonyl (C=O) groups excluding carboxylic acids is 2. The number of nitrogens with zero attached hydrogens (tertiary/aromatic N) is 2. The van der Waals surface area contributed by atoms with Crippen LogP contribution in [0.4, 0.5) is 5.69 Å². The number of likely N-dealkylation sites (tertiary alicyclic amines) is 1. The van der Waals surface area contributed by atoms with Gasteiger partial charge in [0.05, 0.1) is 5.69 Å². The van der Waals surface area contributed by atoms with Crippen molar-refractivity contribution in [1.82, 2.24) is 4.90 Å². The molecule has 2 aliphatic rings. The van der Waals surface area contributed by atoms with Crippen molar-refractivity contribution in [1.29, 1.82) is 0 Å². The largest absolute Gasteiger partial charge is 0.366 e. The molecule has 1 saturated heterocycles. The lowest BCUT2D eigenvalue weighted by Crippen LogP contribution is -2.38. The highest BCUT2D eigenvalue weighted by Gasteiger charge is 2.42. The number of hydrogen-bond acceptors (Lipinski definition) is 3. The Morgan fingerprint density at radius 2 is 1.64 bits per heavy atom. The first kappa shape index (κ1) is 16.2. The topological polar surface area (TPSA) is 40.6 Å². The van der Waals surface area contributed by atoms with Crippen LogP contribution in [0.2, 0.25) is 0 Å². The standard InChI is InChI=1S/C20H19ClN2O2/c1-13-9-11-22(12-10-13)18-17(21)19(24)23(20(18)25)16-8-4-6-14-5-2-3-7-15(14)16/h2-8,13H,9-12H2,1H3. The fourth-order valence-corrected chi connectivity index (χ4v) is 3.90. The number of anilines is 1. The molecule has 4 rings (SSSR count). The van der Waals surface area contributed by atoms with Crippen molar-refractivity contribution in [3.05, 3.63) is 53.2 Å². The Balaban J connectivity index is 1.74. The van der Waals surface area contributed by atoms with E-state index in [4.69, 9.17) is 11.6 Å². The van der Waals surface area contributed by atoms with Gasteiger partial charge in [-0.2, -0.15) is 0 Å². The van der Waals surface area contributed by atoms with Gasteiger partial charge in [0.25, 0.3) is 11.8 Å². The zero-order valence-electron chi connectivity index (χ0n) is 14.0. The van der Waals surface area contributed by atoms with Gasteiger partial charge in [0.15, 0.2) is 0 Å². The molecule has 0 bridgehead atoms. The quantitative estimate of drug-likeness (QED) is 0.768. The van der Waals surface area contributed by atoms with Crippen molar-refractivity contribution in [3.8, 4) is 0 Å². The Hall–Kier alpha value is -2.33. The molecule has 0 radical (unpaired) electrons. The van der Waals surface area contributed by atoms with Crippen molar-refractivity contribution < 1.29 is 9.59 Å². The Morgan fingerprint density at radius 3 is 2.40 bits per heavy atom. The molecule has 0 spiro atoms. The minimum absolute atomic E-state index is 0.0347. The van der Waals surface area contributed by atoms with Gasteiger partial charge in [0, 0.05) is 18.5 Å².